The molecule has 1 amide bonds. The zero-order valence-corrected chi connectivity index (χ0v) is 16.8. The van der Waals surface area contributed by atoms with Gasteiger partial charge in [-0.2, -0.15) is 5.10 Å². The Labute approximate surface area is 181 Å². The molecule has 4 rings (SSSR count). The van der Waals surface area contributed by atoms with Crippen molar-refractivity contribution in [2.45, 2.75) is 6.54 Å². The minimum absolute atomic E-state index is 0.00443. The Hall–Kier alpha value is -4.05. The first kappa shape index (κ1) is 20.2. The van der Waals surface area contributed by atoms with Crippen molar-refractivity contribution in [1.82, 2.24) is 9.88 Å². The van der Waals surface area contributed by atoms with E-state index < -0.39 is 4.92 Å². The average Bonchev–Trinajstić information content (AvgIpc) is 3.39. The van der Waals surface area contributed by atoms with E-state index in [1.807, 2.05) is 6.07 Å². The highest BCUT2D eigenvalue weighted by Gasteiger charge is 2.34. The highest BCUT2D eigenvalue weighted by molar-refractivity contribution is 8.18. The first-order chi connectivity index (χ1) is 15.1. The SMILES string of the molecule is O=C1/C(=C/c2cccnc2)S/C(=N\N=C\c2ccc([N+](=O)[O-])cc2)N1Cc1ccco1. The van der Waals surface area contributed by atoms with Crippen LogP contribution in [0.4, 0.5) is 5.69 Å². The zero-order chi connectivity index (χ0) is 21.6. The number of benzene rings is 1. The molecule has 0 bridgehead atoms. The fourth-order valence-electron chi connectivity index (χ4n) is 2.72. The summed E-state index contributed by atoms with van der Waals surface area (Å²) in [7, 11) is 0. The Bertz CT molecular complexity index is 1170. The van der Waals surface area contributed by atoms with Gasteiger partial charge in [0, 0.05) is 24.5 Å². The van der Waals surface area contributed by atoms with Gasteiger partial charge in [-0.05, 0) is 59.3 Å². The molecule has 9 nitrogen and oxygen atoms in total. The Morgan fingerprint density at radius 1 is 1.16 bits per heavy atom. The number of hydrogen-bond donors (Lipinski definition) is 0. The van der Waals surface area contributed by atoms with Crippen molar-refractivity contribution in [3.63, 3.8) is 0 Å². The lowest BCUT2D eigenvalue weighted by molar-refractivity contribution is -0.384. The molecule has 0 saturated carbocycles. The number of rotatable bonds is 6. The monoisotopic (exact) mass is 433 g/mol. The molecule has 0 N–H and O–H groups in total. The van der Waals surface area contributed by atoms with E-state index in [0.717, 1.165) is 5.56 Å². The molecule has 154 valence electrons. The van der Waals surface area contributed by atoms with Gasteiger partial charge in [-0.15, -0.1) is 5.10 Å². The van der Waals surface area contributed by atoms with E-state index in [0.29, 0.717) is 21.4 Å². The second kappa shape index (κ2) is 9.18. The summed E-state index contributed by atoms with van der Waals surface area (Å²) in [6, 6.07) is 13.1. The van der Waals surface area contributed by atoms with Crippen molar-refractivity contribution in [2.75, 3.05) is 0 Å². The van der Waals surface area contributed by atoms with Crippen LogP contribution in [0.1, 0.15) is 16.9 Å². The van der Waals surface area contributed by atoms with Gasteiger partial charge in [-0.1, -0.05) is 6.07 Å². The number of thioether (sulfide) groups is 1. The maximum Gasteiger partial charge on any atom is 0.269 e. The number of hydrogen-bond acceptors (Lipinski definition) is 8. The molecule has 0 unspecified atom stereocenters. The van der Waals surface area contributed by atoms with Crippen LogP contribution in [0, 0.1) is 10.1 Å². The lowest BCUT2D eigenvalue weighted by atomic mass is 10.2. The largest absolute Gasteiger partial charge is 0.467 e. The van der Waals surface area contributed by atoms with Gasteiger partial charge in [-0.25, -0.2) is 0 Å². The van der Waals surface area contributed by atoms with Gasteiger partial charge >= 0.3 is 0 Å². The van der Waals surface area contributed by atoms with Crippen molar-refractivity contribution < 1.29 is 14.1 Å². The molecule has 3 aromatic rings. The Morgan fingerprint density at radius 3 is 2.68 bits per heavy atom. The second-order valence-corrected chi connectivity index (χ2v) is 7.35. The normalized spacial score (nSPS) is 16.6. The van der Waals surface area contributed by atoms with Gasteiger partial charge in [0.15, 0.2) is 5.17 Å². The molecular formula is C21H15N5O4S. The first-order valence-corrected chi connectivity index (χ1v) is 9.91. The number of furan rings is 1. The molecule has 0 radical (unpaired) electrons. The maximum atomic E-state index is 13.0. The standard InChI is InChI=1S/C21H15N5O4S/c27-20-19(11-16-3-1-9-22-12-16)31-21(25(20)14-18-4-2-10-30-18)24-23-13-15-5-7-17(8-6-15)26(28)29/h1-13H,14H2/b19-11-,23-13+,24-21-. The van der Waals surface area contributed by atoms with Crippen LogP contribution in [0.25, 0.3) is 6.08 Å². The summed E-state index contributed by atoms with van der Waals surface area (Å²) >= 11 is 1.20. The molecule has 2 aromatic heterocycles. The molecule has 3 heterocycles. The third-order valence-corrected chi connectivity index (χ3v) is 5.22. The molecule has 1 fully saturated rings. The molecule has 1 aliphatic heterocycles. The van der Waals surface area contributed by atoms with E-state index in [4.69, 9.17) is 4.42 Å². The van der Waals surface area contributed by atoms with Gasteiger partial charge in [0.05, 0.1) is 28.9 Å². The van der Waals surface area contributed by atoms with Crippen molar-refractivity contribution in [3.8, 4) is 0 Å². The molecule has 1 aromatic carbocycles. The summed E-state index contributed by atoms with van der Waals surface area (Å²) in [5.74, 6) is 0.401. The van der Waals surface area contributed by atoms with E-state index in [1.165, 1.54) is 35.0 Å². The molecule has 0 atom stereocenters. The summed E-state index contributed by atoms with van der Waals surface area (Å²) in [4.78, 5) is 29.3. The highest BCUT2D eigenvalue weighted by atomic mass is 32.2. The lowest BCUT2D eigenvalue weighted by Crippen LogP contribution is -2.28. The number of amidine groups is 1. The van der Waals surface area contributed by atoms with Crippen molar-refractivity contribution >= 4 is 40.8 Å². The minimum atomic E-state index is -0.468. The Kier molecular flexibility index (Phi) is 5.99. The van der Waals surface area contributed by atoms with Crippen LogP contribution in [0.15, 0.2) is 86.7 Å². The molecular weight excluding hydrogens is 418 g/mol. The lowest BCUT2D eigenvalue weighted by Gasteiger charge is -2.12. The van der Waals surface area contributed by atoms with Gasteiger partial charge in [0.25, 0.3) is 11.6 Å². The third kappa shape index (κ3) is 4.93. The number of nitro groups is 1. The minimum Gasteiger partial charge on any atom is -0.467 e. The number of nitrogens with zero attached hydrogens (tertiary/aromatic N) is 5. The summed E-state index contributed by atoms with van der Waals surface area (Å²) in [6.45, 7) is 0.217. The van der Waals surface area contributed by atoms with Crippen LogP contribution in [0.2, 0.25) is 0 Å². The zero-order valence-electron chi connectivity index (χ0n) is 16.0. The van der Waals surface area contributed by atoms with Crippen LogP contribution in [0.5, 0.6) is 0 Å². The van der Waals surface area contributed by atoms with E-state index in [1.54, 1.807) is 55.1 Å². The average molecular weight is 433 g/mol. The summed E-state index contributed by atoms with van der Waals surface area (Å²) in [6.07, 6.45) is 8.08. The first-order valence-electron chi connectivity index (χ1n) is 9.09. The summed E-state index contributed by atoms with van der Waals surface area (Å²) < 4.78 is 5.37. The third-order valence-electron chi connectivity index (χ3n) is 4.22. The molecule has 1 saturated heterocycles. The fraction of sp³-hybridized carbons (Fsp3) is 0.0476. The number of non-ortho nitro benzene ring substituents is 1. The molecule has 1 aliphatic rings. The smallest absolute Gasteiger partial charge is 0.269 e. The highest BCUT2D eigenvalue weighted by Crippen LogP contribution is 2.33. The van der Waals surface area contributed by atoms with Crippen molar-refractivity contribution in [2.24, 2.45) is 10.2 Å². The van der Waals surface area contributed by atoms with Crippen molar-refractivity contribution in [1.29, 1.82) is 0 Å². The van der Waals surface area contributed by atoms with Crippen LogP contribution in [0.3, 0.4) is 0 Å². The van der Waals surface area contributed by atoms with Gasteiger partial charge in [0.1, 0.15) is 5.76 Å². The fourth-order valence-corrected chi connectivity index (χ4v) is 3.65. The Morgan fingerprint density at radius 2 is 2.00 bits per heavy atom. The number of nitro benzene ring substituents is 1. The predicted octanol–water partition coefficient (Wildman–Crippen LogP) is 4.09. The van der Waals surface area contributed by atoms with E-state index in [9.17, 15) is 14.9 Å². The number of carbonyl (C=O) groups excluding carboxylic acids is 1. The predicted molar refractivity (Wildman–Crippen MR) is 117 cm³/mol. The quantitative estimate of drug-likeness (QED) is 0.250. The van der Waals surface area contributed by atoms with Gasteiger partial charge in [-0.3, -0.25) is 24.8 Å². The summed E-state index contributed by atoms with van der Waals surface area (Å²) in [5.41, 5.74) is 1.44. The van der Waals surface area contributed by atoms with E-state index >= 15 is 0 Å². The molecule has 10 heteroatoms. The van der Waals surface area contributed by atoms with E-state index in [2.05, 4.69) is 15.2 Å². The Balaban J connectivity index is 1.58. The topological polar surface area (TPSA) is 114 Å². The van der Waals surface area contributed by atoms with Crippen molar-refractivity contribution in [3.05, 3.63) is 99.1 Å². The van der Waals surface area contributed by atoms with Gasteiger partial charge < -0.3 is 4.42 Å². The molecule has 0 aliphatic carbocycles. The van der Waals surface area contributed by atoms with Crippen LogP contribution < -0.4 is 0 Å². The van der Waals surface area contributed by atoms with Crippen LogP contribution >= 0.6 is 11.8 Å². The number of carbonyl (C=O) groups is 1. The number of amides is 1. The summed E-state index contributed by atoms with van der Waals surface area (Å²) in [5, 5.41) is 19.4. The van der Waals surface area contributed by atoms with Crippen LogP contribution in [-0.4, -0.2) is 32.1 Å². The molecule has 31 heavy (non-hydrogen) atoms. The van der Waals surface area contributed by atoms with E-state index in [-0.39, 0.29) is 18.1 Å². The van der Waals surface area contributed by atoms with Gasteiger partial charge in [0.2, 0.25) is 0 Å². The van der Waals surface area contributed by atoms with Crippen LogP contribution in [-0.2, 0) is 11.3 Å². The second-order valence-electron chi connectivity index (χ2n) is 6.34. The molecule has 0 spiro atoms. The maximum absolute atomic E-state index is 13.0. The number of aromatic nitrogens is 1. The number of pyridine rings is 1.